The minimum Gasteiger partial charge on any atom is -0.349 e. The third kappa shape index (κ3) is 4.38. The quantitative estimate of drug-likeness (QED) is 0.550. The van der Waals surface area contributed by atoms with E-state index in [4.69, 9.17) is 0 Å². The Morgan fingerprint density at radius 1 is 1.24 bits per heavy atom. The molecule has 1 aliphatic carbocycles. The smallest absolute Gasteiger partial charge is 0.251 e. The van der Waals surface area contributed by atoms with Gasteiger partial charge in [0.2, 0.25) is 5.82 Å². The monoisotopic (exact) mass is 384 g/mol. The first-order chi connectivity index (χ1) is 14.0. The molecule has 0 atom stereocenters. The number of nitrogens with one attached hydrogen (secondary N) is 1. The van der Waals surface area contributed by atoms with E-state index < -0.39 is 0 Å². The highest BCUT2D eigenvalue weighted by molar-refractivity contribution is 5.96. The van der Waals surface area contributed by atoms with Crippen molar-refractivity contribution in [2.24, 2.45) is 0 Å². The van der Waals surface area contributed by atoms with Gasteiger partial charge < -0.3 is 10.2 Å². The van der Waals surface area contributed by atoms with Gasteiger partial charge in [-0.15, -0.1) is 0 Å². The summed E-state index contributed by atoms with van der Waals surface area (Å²) < 4.78 is 0. The minimum absolute atomic E-state index is 0.00173. The van der Waals surface area contributed by atoms with Crippen LogP contribution in [0.25, 0.3) is 22.0 Å². The number of nitrogens with zero attached hydrogens (tertiary/aromatic N) is 3. The average Bonchev–Trinajstić information content (AvgIpc) is 3.55. The highest BCUT2D eigenvalue weighted by Crippen LogP contribution is 2.28. The van der Waals surface area contributed by atoms with Gasteiger partial charge in [0.05, 0.1) is 5.52 Å². The predicted octanol–water partition coefficient (Wildman–Crippen LogP) is 3.76. The average molecular weight is 384 g/mol. The maximum absolute atomic E-state index is 12.4. The number of aryl methyl sites for hydroxylation is 1. The van der Waals surface area contributed by atoms with Crippen LogP contribution in [0, 0.1) is 18.9 Å². The fraction of sp³-hybridized carbons (Fsp3) is 0.292. The molecule has 0 radical (unpaired) electrons. The summed E-state index contributed by atoms with van der Waals surface area (Å²) in [6.45, 7) is 4.95. The lowest BCUT2D eigenvalue weighted by Crippen LogP contribution is -2.25. The van der Waals surface area contributed by atoms with E-state index in [1.54, 1.807) is 6.20 Å². The van der Waals surface area contributed by atoms with Crippen LogP contribution in [0.4, 0.5) is 0 Å². The standard InChI is InChI=1S/C24H24N4O/c1-4-28(3)12-11-23-25-15-19-13-17(7-10-22(19)27-23)21-14-18(6-5-16(21)2)24(29)26-20-8-9-20/h5-7,10,13-15,20H,4,8-9H2,1-3H3,(H,26,29). The van der Waals surface area contributed by atoms with Gasteiger partial charge >= 0.3 is 0 Å². The summed E-state index contributed by atoms with van der Waals surface area (Å²) in [6, 6.07) is 15.3. The third-order valence-electron chi connectivity index (χ3n) is 5.14. The van der Waals surface area contributed by atoms with E-state index in [-0.39, 0.29) is 5.91 Å². The van der Waals surface area contributed by atoms with Gasteiger partial charge in [-0.25, -0.2) is 9.97 Å². The molecule has 4 rings (SSSR count). The molecule has 0 saturated heterocycles. The van der Waals surface area contributed by atoms with Crippen molar-refractivity contribution in [3.05, 3.63) is 59.5 Å². The fourth-order valence-electron chi connectivity index (χ4n) is 3.06. The number of amides is 1. The van der Waals surface area contributed by atoms with Crippen molar-refractivity contribution in [1.29, 1.82) is 0 Å². The molecule has 146 valence electrons. The van der Waals surface area contributed by atoms with Crippen LogP contribution in [0.5, 0.6) is 0 Å². The SMILES string of the molecule is CCN(C)C#Cc1ncc2cc(-c3cc(C(=O)NC4CC4)ccc3C)ccc2n1. The van der Waals surface area contributed by atoms with Crippen LogP contribution < -0.4 is 5.32 Å². The largest absolute Gasteiger partial charge is 0.349 e. The summed E-state index contributed by atoms with van der Waals surface area (Å²) in [7, 11) is 1.93. The second-order valence-corrected chi connectivity index (χ2v) is 7.50. The number of rotatable bonds is 4. The lowest BCUT2D eigenvalue weighted by atomic mass is 9.97. The lowest BCUT2D eigenvalue weighted by Gasteiger charge is -2.10. The number of hydrogen-bond acceptors (Lipinski definition) is 4. The van der Waals surface area contributed by atoms with Crippen molar-refractivity contribution < 1.29 is 4.79 Å². The molecule has 1 aliphatic rings. The lowest BCUT2D eigenvalue weighted by molar-refractivity contribution is 0.0951. The van der Waals surface area contributed by atoms with Crippen molar-refractivity contribution in [2.75, 3.05) is 13.6 Å². The van der Waals surface area contributed by atoms with Gasteiger partial charge in [-0.2, -0.15) is 0 Å². The van der Waals surface area contributed by atoms with E-state index in [9.17, 15) is 4.79 Å². The second-order valence-electron chi connectivity index (χ2n) is 7.50. The van der Waals surface area contributed by atoms with Crippen LogP contribution in [0.1, 0.15) is 41.5 Å². The first kappa shape index (κ1) is 18.9. The molecule has 1 amide bonds. The summed E-state index contributed by atoms with van der Waals surface area (Å²) >= 11 is 0. The van der Waals surface area contributed by atoms with E-state index in [0.717, 1.165) is 47.0 Å². The van der Waals surface area contributed by atoms with Crippen LogP contribution in [0.2, 0.25) is 0 Å². The van der Waals surface area contributed by atoms with E-state index >= 15 is 0 Å². The van der Waals surface area contributed by atoms with Crippen LogP contribution in [0.15, 0.2) is 42.6 Å². The van der Waals surface area contributed by atoms with Crippen molar-refractivity contribution in [3.8, 4) is 23.1 Å². The van der Waals surface area contributed by atoms with Gasteiger partial charge in [0.1, 0.15) is 0 Å². The van der Waals surface area contributed by atoms with Crippen LogP contribution in [-0.2, 0) is 0 Å². The van der Waals surface area contributed by atoms with Crippen molar-refractivity contribution >= 4 is 16.8 Å². The predicted molar refractivity (Wildman–Crippen MR) is 115 cm³/mol. The molecule has 1 saturated carbocycles. The molecule has 1 N–H and O–H groups in total. The number of carbonyl (C=O) groups excluding carboxylic acids is 1. The third-order valence-corrected chi connectivity index (χ3v) is 5.14. The molecule has 3 aromatic rings. The Bertz CT molecular complexity index is 1140. The number of hydrogen-bond donors (Lipinski definition) is 1. The zero-order valence-corrected chi connectivity index (χ0v) is 17.0. The summed E-state index contributed by atoms with van der Waals surface area (Å²) in [5, 5.41) is 4.00. The molecule has 2 aromatic carbocycles. The Balaban J connectivity index is 1.65. The maximum atomic E-state index is 12.4. The van der Waals surface area contributed by atoms with Crippen LogP contribution in [0.3, 0.4) is 0 Å². The molecule has 5 nitrogen and oxygen atoms in total. The highest BCUT2D eigenvalue weighted by Gasteiger charge is 2.24. The topological polar surface area (TPSA) is 58.1 Å². The first-order valence-electron chi connectivity index (χ1n) is 9.95. The summed E-state index contributed by atoms with van der Waals surface area (Å²) in [4.78, 5) is 23.2. The Labute approximate surface area is 171 Å². The van der Waals surface area contributed by atoms with Crippen molar-refractivity contribution in [3.63, 3.8) is 0 Å². The normalized spacial score (nSPS) is 12.9. The zero-order valence-electron chi connectivity index (χ0n) is 17.0. The van der Waals surface area contributed by atoms with Crippen molar-refractivity contribution in [1.82, 2.24) is 20.2 Å². The number of fused-ring (bicyclic) bond motifs is 1. The van der Waals surface area contributed by atoms with Gasteiger partial charge in [0.25, 0.3) is 5.91 Å². The van der Waals surface area contributed by atoms with Crippen molar-refractivity contribution in [2.45, 2.75) is 32.7 Å². The molecular weight excluding hydrogens is 360 g/mol. The number of aromatic nitrogens is 2. The molecule has 1 fully saturated rings. The fourth-order valence-corrected chi connectivity index (χ4v) is 3.06. The molecule has 1 aromatic heterocycles. The van der Waals surface area contributed by atoms with Gasteiger partial charge in [-0.05, 0) is 73.6 Å². The second kappa shape index (κ2) is 7.92. The number of benzene rings is 2. The molecule has 0 bridgehead atoms. The van der Waals surface area contributed by atoms with Gasteiger partial charge in [-0.3, -0.25) is 4.79 Å². The maximum Gasteiger partial charge on any atom is 0.251 e. The molecule has 29 heavy (non-hydrogen) atoms. The molecule has 1 heterocycles. The molecular formula is C24H24N4O. The van der Waals surface area contributed by atoms with Crippen LogP contribution in [-0.4, -0.2) is 40.4 Å². The summed E-state index contributed by atoms with van der Waals surface area (Å²) in [5.41, 5.74) is 4.76. The van der Waals surface area contributed by atoms with Gasteiger partial charge in [-0.1, -0.05) is 12.1 Å². The molecule has 0 spiro atoms. The van der Waals surface area contributed by atoms with E-state index in [2.05, 4.69) is 40.2 Å². The van der Waals surface area contributed by atoms with Crippen LogP contribution >= 0.6 is 0 Å². The molecule has 0 unspecified atom stereocenters. The van der Waals surface area contributed by atoms with E-state index in [0.29, 0.717) is 17.4 Å². The first-order valence-corrected chi connectivity index (χ1v) is 9.95. The minimum atomic E-state index is -0.00173. The summed E-state index contributed by atoms with van der Waals surface area (Å²) in [5.74, 6) is 3.51. The van der Waals surface area contributed by atoms with Gasteiger partial charge in [0, 0.05) is 42.8 Å². The summed E-state index contributed by atoms with van der Waals surface area (Å²) in [6.07, 6.45) is 3.97. The Morgan fingerprint density at radius 3 is 2.83 bits per heavy atom. The Hall–Kier alpha value is -3.39. The number of carbonyl (C=O) groups is 1. The molecule has 0 aliphatic heterocycles. The Morgan fingerprint density at radius 2 is 2.07 bits per heavy atom. The molecule has 5 heteroatoms. The van der Waals surface area contributed by atoms with E-state index in [1.807, 2.05) is 49.2 Å². The van der Waals surface area contributed by atoms with Gasteiger partial charge in [0.15, 0.2) is 0 Å². The zero-order chi connectivity index (χ0) is 20.4. The Kier molecular flexibility index (Phi) is 5.18. The van der Waals surface area contributed by atoms with E-state index in [1.165, 1.54) is 0 Å². The highest BCUT2D eigenvalue weighted by atomic mass is 16.1.